The molecule has 0 atom stereocenters. The number of hydrogen-bond donors (Lipinski definition) is 2. The highest BCUT2D eigenvalue weighted by Crippen LogP contribution is 2.23. The van der Waals surface area contributed by atoms with Gasteiger partial charge in [-0.25, -0.2) is 0 Å². The van der Waals surface area contributed by atoms with Crippen molar-refractivity contribution in [1.82, 2.24) is 10.9 Å². The maximum atomic E-state index is 12.5. The van der Waals surface area contributed by atoms with Crippen molar-refractivity contribution < 1.29 is 19.2 Å². The molecule has 0 heterocycles. The fraction of sp³-hybridized carbons (Fsp3) is 0.263. The first-order valence-electron chi connectivity index (χ1n) is 8.55. The predicted molar refractivity (Wildman–Crippen MR) is 107 cm³/mol. The molecule has 0 unspecified atom stereocenters. The molecule has 0 fully saturated rings. The van der Waals surface area contributed by atoms with E-state index in [4.69, 9.17) is 4.74 Å². The van der Waals surface area contributed by atoms with Gasteiger partial charge in [0.2, 0.25) is 0 Å². The topological polar surface area (TPSA) is 111 Å². The van der Waals surface area contributed by atoms with Gasteiger partial charge in [0.25, 0.3) is 17.5 Å². The number of nitrogens with zero attached hydrogens (tertiary/aromatic N) is 1. The van der Waals surface area contributed by atoms with E-state index in [-0.39, 0.29) is 16.8 Å². The first-order chi connectivity index (χ1) is 13.3. The van der Waals surface area contributed by atoms with Crippen LogP contribution in [0.15, 0.2) is 46.9 Å². The lowest BCUT2D eigenvalue weighted by atomic mass is 10.1. The second kappa shape index (κ2) is 9.84. The van der Waals surface area contributed by atoms with Crippen molar-refractivity contribution in [3.05, 3.63) is 68.2 Å². The summed E-state index contributed by atoms with van der Waals surface area (Å²) in [6.07, 6.45) is 0.841. The minimum absolute atomic E-state index is 0.127. The molecule has 0 saturated heterocycles. The molecule has 2 amide bonds. The van der Waals surface area contributed by atoms with Gasteiger partial charge in [0, 0.05) is 22.2 Å². The summed E-state index contributed by atoms with van der Waals surface area (Å²) in [6.45, 7) is 4.62. The summed E-state index contributed by atoms with van der Waals surface area (Å²) >= 11 is 3.31. The van der Waals surface area contributed by atoms with Crippen molar-refractivity contribution in [2.75, 3.05) is 6.61 Å². The van der Waals surface area contributed by atoms with E-state index in [2.05, 4.69) is 40.6 Å². The van der Waals surface area contributed by atoms with E-state index in [1.54, 1.807) is 18.2 Å². The molecule has 2 rings (SSSR count). The number of non-ortho nitro benzene ring substituents is 1. The molecule has 8 nitrogen and oxygen atoms in total. The highest BCUT2D eigenvalue weighted by atomic mass is 79.9. The molecule has 2 aromatic carbocycles. The Bertz CT molecular complexity index is 868. The molecule has 0 bridgehead atoms. The monoisotopic (exact) mass is 449 g/mol. The highest BCUT2D eigenvalue weighted by molar-refractivity contribution is 9.10. The summed E-state index contributed by atoms with van der Waals surface area (Å²) in [5.41, 5.74) is 4.93. The first kappa shape index (κ1) is 21.4. The van der Waals surface area contributed by atoms with Gasteiger partial charge in [0.15, 0.2) is 0 Å². The fourth-order valence-electron chi connectivity index (χ4n) is 2.20. The molecule has 148 valence electrons. The van der Waals surface area contributed by atoms with Crippen molar-refractivity contribution in [1.29, 1.82) is 0 Å². The number of nitrogens with one attached hydrogen (secondary N) is 2. The van der Waals surface area contributed by atoms with Crippen molar-refractivity contribution in [2.45, 2.75) is 20.3 Å². The molecule has 0 saturated carbocycles. The molecular formula is C19H20BrN3O5. The van der Waals surface area contributed by atoms with Crippen LogP contribution in [0.25, 0.3) is 0 Å². The van der Waals surface area contributed by atoms with Gasteiger partial charge in [-0.15, -0.1) is 0 Å². The van der Waals surface area contributed by atoms with E-state index in [9.17, 15) is 19.7 Å². The Morgan fingerprint density at radius 2 is 1.75 bits per heavy atom. The third-order valence-electron chi connectivity index (χ3n) is 3.77. The number of carbonyl (C=O) groups is 2. The molecule has 0 aliphatic carbocycles. The third-order valence-corrected chi connectivity index (χ3v) is 4.26. The molecule has 2 aromatic rings. The number of halogens is 1. The maximum Gasteiger partial charge on any atom is 0.273 e. The minimum Gasteiger partial charge on any atom is -0.493 e. The quantitative estimate of drug-likeness (QED) is 0.492. The largest absolute Gasteiger partial charge is 0.493 e. The third kappa shape index (κ3) is 6.05. The van der Waals surface area contributed by atoms with Gasteiger partial charge in [-0.3, -0.25) is 30.6 Å². The molecule has 2 N–H and O–H groups in total. The van der Waals surface area contributed by atoms with E-state index in [1.807, 2.05) is 0 Å². The van der Waals surface area contributed by atoms with Gasteiger partial charge in [-0.05, 0) is 42.7 Å². The van der Waals surface area contributed by atoms with E-state index in [0.717, 1.165) is 6.42 Å². The lowest BCUT2D eigenvalue weighted by Gasteiger charge is -2.13. The SMILES string of the molecule is CC(C)CCOc1ccc(Br)cc1C(=O)NNC(=O)c1ccc([N+](=O)[O-])cc1. The molecule has 9 heteroatoms. The second-order valence-electron chi connectivity index (χ2n) is 6.38. The summed E-state index contributed by atoms with van der Waals surface area (Å²) in [7, 11) is 0. The molecular weight excluding hydrogens is 430 g/mol. The Hall–Kier alpha value is -2.94. The number of hydrazine groups is 1. The van der Waals surface area contributed by atoms with Crippen LogP contribution in [-0.4, -0.2) is 23.3 Å². The number of nitro benzene ring substituents is 1. The summed E-state index contributed by atoms with van der Waals surface area (Å²) in [4.78, 5) is 34.7. The number of nitro groups is 1. The average molecular weight is 450 g/mol. The molecule has 0 radical (unpaired) electrons. The summed E-state index contributed by atoms with van der Waals surface area (Å²) < 4.78 is 6.38. The predicted octanol–water partition coefficient (Wildman–Crippen LogP) is 3.86. The minimum atomic E-state index is -0.597. The summed E-state index contributed by atoms with van der Waals surface area (Å²) in [6, 6.07) is 10.1. The van der Waals surface area contributed by atoms with E-state index in [1.165, 1.54) is 24.3 Å². The Balaban J connectivity index is 2.02. The first-order valence-corrected chi connectivity index (χ1v) is 9.34. The number of hydrogen-bond acceptors (Lipinski definition) is 5. The van der Waals surface area contributed by atoms with Gasteiger partial charge in [0.1, 0.15) is 5.75 Å². The van der Waals surface area contributed by atoms with Crippen LogP contribution in [0.1, 0.15) is 41.0 Å². The lowest BCUT2D eigenvalue weighted by molar-refractivity contribution is -0.384. The lowest BCUT2D eigenvalue weighted by Crippen LogP contribution is -2.41. The zero-order valence-electron chi connectivity index (χ0n) is 15.4. The molecule has 0 aliphatic rings. The average Bonchev–Trinajstić information content (AvgIpc) is 2.66. The maximum absolute atomic E-state index is 12.5. The van der Waals surface area contributed by atoms with Crippen molar-refractivity contribution in [3.8, 4) is 5.75 Å². The summed E-state index contributed by atoms with van der Waals surface area (Å²) in [5.74, 6) is -0.267. The molecule has 0 spiro atoms. The number of amides is 2. The van der Waals surface area contributed by atoms with Crippen molar-refractivity contribution in [2.24, 2.45) is 5.92 Å². The molecule has 28 heavy (non-hydrogen) atoms. The van der Waals surface area contributed by atoms with Crippen LogP contribution in [0.5, 0.6) is 5.75 Å². The van der Waals surface area contributed by atoms with Crippen LogP contribution >= 0.6 is 15.9 Å². The normalized spacial score (nSPS) is 10.4. The van der Waals surface area contributed by atoms with Crippen LogP contribution in [0.4, 0.5) is 5.69 Å². The van der Waals surface area contributed by atoms with Crippen LogP contribution in [0, 0.1) is 16.0 Å². The highest BCUT2D eigenvalue weighted by Gasteiger charge is 2.15. The van der Waals surface area contributed by atoms with Crippen molar-refractivity contribution >= 4 is 33.4 Å². The van der Waals surface area contributed by atoms with Crippen LogP contribution in [0.3, 0.4) is 0 Å². The Labute approximate surface area is 170 Å². The Kier molecular flexibility index (Phi) is 7.51. The zero-order chi connectivity index (χ0) is 20.7. The second-order valence-corrected chi connectivity index (χ2v) is 7.30. The van der Waals surface area contributed by atoms with Crippen LogP contribution in [0.2, 0.25) is 0 Å². The van der Waals surface area contributed by atoms with E-state index < -0.39 is 16.7 Å². The summed E-state index contributed by atoms with van der Waals surface area (Å²) in [5, 5.41) is 10.7. The molecule has 0 aliphatic heterocycles. The van der Waals surface area contributed by atoms with Gasteiger partial charge in [-0.2, -0.15) is 0 Å². The number of ether oxygens (including phenoxy) is 1. The van der Waals surface area contributed by atoms with Gasteiger partial charge < -0.3 is 4.74 Å². The van der Waals surface area contributed by atoms with Crippen molar-refractivity contribution in [3.63, 3.8) is 0 Å². The smallest absolute Gasteiger partial charge is 0.273 e. The standard InChI is InChI=1S/C19H20BrN3O5/c1-12(2)9-10-28-17-8-5-14(20)11-16(17)19(25)22-21-18(24)13-3-6-15(7-4-13)23(26)27/h3-8,11-12H,9-10H2,1-2H3,(H,21,24)(H,22,25). The van der Waals surface area contributed by atoms with Gasteiger partial charge >= 0.3 is 0 Å². The van der Waals surface area contributed by atoms with Crippen LogP contribution in [-0.2, 0) is 0 Å². The fourth-order valence-corrected chi connectivity index (χ4v) is 2.56. The number of carbonyl (C=O) groups excluding carboxylic acids is 2. The molecule has 0 aromatic heterocycles. The van der Waals surface area contributed by atoms with Crippen LogP contribution < -0.4 is 15.6 Å². The van der Waals surface area contributed by atoms with Gasteiger partial charge in [-0.1, -0.05) is 29.8 Å². The Morgan fingerprint density at radius 1 is 1.11 bits per heavy atom. The van der Waals surface area contributed by atoms with E-state index in [0.29, 0.717) is 22.7 Å². The number of rotatable bonds is 7. The van der Waals surface area contributed by atoms with E-state index >= 15 is 0 Å². The zero-order valence-corrected chi connectivity index (χ0v) is 17.0. The Morgan fingerprint density at radius 3 is 2.36 bits per heavy atom. The van der Waals surface area contributed by atoms with Gasteiger partial charge in [0.05, 0.1) is 17.1 Å². The number of benzene rings is 2.